The zero-order chi connectivity index (χ0) is 38.6. The Morgan fingerprint density at radius 2 is 1.75 bits per heavy atom. The number of likely N-dealkylation sites (N-methyl/N-ethyl adjacent to an activating group) is 1. The molecule has 0 spiro atoms. The smallest absolute Gasteiger partial charge is 0.408 e. The van der Waals surface area contributed by atoms with Crippen LogP contribution in [0.25, 0.3) is 0 Å². The summed E-state index contributed by atoms with van der Waals surface area (Å²) in [7, 11) is 3.62. The maximum atomic E-state index is 16.7. The van der Waals surface area contributed by atoms with Crippen LogP contribution >= 0.6 is 0 Å². The molecule has 284 valence electrons. The Morgan fingerprint density at radius 3 is 2.31 bits per heavy atom. The van der Waals surface area contributed by atoms with E-state index in [4.69, 9.17) is 34.8 Å². The molecule has 3 heterocycles. The van der Waals surface area contributed by atoms with Gasteiger partial charge >= 0.3 is 18.0 Å². The second-order valence-electron chi connectivity index (χ2n) is 14.7. The van der Waals surface area contributed by atoms with Gasteiger partial charge in [0.15, 0.2) is 23.8 Å². The number of ether oxygens (including phenoxy) is 6. The molecule has 51 heavy (non-hydrogen) atoms. The average Bonchev–Trinajstić information content (AvgIpc) is 3.36. The number of carbonyl (C=O) groups is 5. The molecule has 0 aromatic heterocycles. The van der Waals surface area contributed by atoms with Crippen molar-refractivity contribution in [3.8, 4) is 24.2 Å². The predicted octanol–water partition coefficient (Wildman–Crippen LogP) is 3.15. The molecule has 3 aliphatic heterocycles. The molecule has 1 amide bonds. The molecule has 0 radical (unpaired) electrons. The van der Waals surface area contributed by atoms with E-state index in [0.717, 1.165) is 6.92 Å². The number of halogens is 1. The van der Waals surface area contributed by atoms with Crippen LogP contribution in [0.3, 0.4) is 0 Å². The van der Waals surface area contributed by atoms with Gasteiger partial charge in [-0.15, -0.1) is 6.42 Å². The Morgan fingerprint density at radius 1 is 1.10 bits per heavy atom. The Kier molecular flexibility index (Phi) is 13.5. The molecule has 3 aliphatic rings. The zero-order valence-corrected chi connectivity index (χ0v) is 31.5. The number of amides is 1. The largest absolute Gasteiger partial charge is 0.455 e. The van der Waals surface area contributed by atoms with Gasteiger partial charge in [0, 0.05) is 24.7 Å². The van der Waals surface area contributed by atoms with Gasteiger partial charge in [-0.25, -0.2) is 14.0 Å². The zero-order valence-electron chi connectivity index (χ0n) is 31.5. The molecule has 13 atom stereocenters. The van der Waals surface area contributed by atoms with Crippen molar-refractivity contribution in [3.63, 3.8) is 0 Å². The first-order valence-corrected chi connectivity index (χ1v) is 17.3. The van der Waals surface area contributed by atoms with Crippen LogP contribution in [0.1, 0.15) is 81.6 Å². The topological polar surface area (TPSA) is 156 Å². The van der Waals surface area contributed by atoms with Crippen molar-refractivity contribution in [2.45, 2.75) is 141 Å². The number of rotatable bonds is 7. The number of carbonyl (C=O) groups excluding carboxylic acids is 5. The number of terminal acetylenes is 1. The lowest BCUT2D eigenvalue weighted by atomic mass is 9.73. The fourth-order valence-electron chi connectivity index (χ4n) is 7.72. The van der Waals surface area contributed by atoms with E-state index in [1.54, 1.807) is 27.7 Å². The molecular formula is C37H53FN2O11. The summed E-state index contributed by atoms with van der Waals surface area (Å²) in [4.78, 5) is 68.9. The van der Waals surface area contributed by atoms with Gasteiger partial charge in [0.25, 0.3) is 5.67 Å². The van der Waals surface area contributed by atoms with Crippen LogP contribution in [-0.2, 0) is 47.6 Å². The van der Waals surface area contributed by atoms with Gasteiger partial charge < -0.3 is 38.6 Å². The third-order valence-corrected chi connectivity index (χ3v) is 10.4. The van der Waals surface area contributed by atoms with E-state index in [2.05, 4.69) is 23.1 Å². The highest BCUT2D eigenvalue weighted by molar-refractivity contribution is 6.08. The number of hydrogen-bond donors (Lipinski definition) is 1. The van der Waals surface area contributed by atoms with Gasteiger partial charge in [-0.2, -0.15) is 0 Å². The molecule has 3 fully saturated rings. The molecule has 1 N–H and O–H groups in total. The Labute approximate surface area is 300 Å². The van der Waals surface area contributed by atoms with Crippen molar-refractivity contribution in [3.05, 3.63) is 0 Å². The molecule has 0 bridgehead atoms. The average molecular weight is 721 g/mol. The summed E-state index contributed by atoms with van der Waals surface area (Å²) in [5.74, 6) is 0.568. The third-order valence-electron chi connectivity index (χ3n) is 10.4. The fourth-order valence-corrected chi connectivity index (χ4v) is 7.72. The van der Waals surface area contributed by atoms with Gasteiger partial charge in [-0.05, 0) is 72.9 Å². The number of cyclic esters (lactones) is 1. The molecule has 0 saturated carbocycles. The summed E-state index contributed by atoms with van der Waals surface area (Å²) in [5.41, 5.74) is -6.41. The van der Waals surface area contributed by atoms with Crippen LogP contribution in [0.2, 0.25) is 0 Å². The van der Waals surface area contributed by atoms with Crippen molar-refractivity contribution < 1.29 is 56.8 Å². The Bertz CT molecular complexity index is 1450. The molecular weight excluding hydrogens is 667 g/mol. The van der Waals surface area contributed by atoms with E-state index < -0.39 is 95.2 Å². The minimum absolute atomic E-state index is 0.0715. The van der Waals surface area contributed by atoms with Gasteiger partial charge in [0.05, 0.1) is 29.9 Å². The maximum Gasteiger partial charge on any atom is 0.408 e. The number of nitrogens with zero attached hydrogens (tertiary/aromatic N) is 1. The van der Waals surface area contributed by atoms with Gasteiger partial charge in [0.2, 0.25) is 0 Å². The Hall–Kier alpha value is -3.56. The van der Waals surface area contributed by atoms with Crippen molar-refractivity contribution in [1.29, 1.82) is 0 Å². The summed E-state index contributed by atoms with van der Waals surface area (Å²) in [5, 5.41) is 2.67. The van der Waals surface area contributed by atoms with Crippen LogP contribution in [0.4, 0.5) is 9.18 Å². The van der Waals surface area contributed by atoms with Gasteiger partial charge in [-0.1, -0.05) is 33.6 Å². The van der Waals surface area contributed by atoms with Crippen molar-refractivity contribution in [2.75, 3.05) is 20.7 Å². The number of ketones is 2. The number of alkyl halides is 1. The second kappa shape index (κ2) is 16.4. The number of Topliss-reactive ketones (excluding diaryl/α,β-unsaturated/α-hetero) is 2. The lowest BCUT2D eigenvalue weighted by Gasteiger charge is -2.48. The van der Waals surface area contributed by atoms with E-state index in [0.29, 0.717) is 6.42 Å². The van der Waals surface area contributed by atoms with E-state index >= 15 is 4.39 Å². The molecule has 0 aromatic rings. The molecule has 0 aromatic carbocycles. The lowest BCUT2D eigenvalue weighted by Crippen LogP contribution is -2.62. The SMILES string of the molecule is C#CC#CCO[C@@]1(C)C[C@@H](C)C(=O)[C@H](C)[C@H]2NC(=O)O[C@]2(C)[C@@H](CC)OC(=O)[C@@](C)(F)C(=O)[C@H](C)[C@H]1O[C@@H]1O[C@H](C)C[C@H](N(C)C)[C@H]1OC(C)=O. The molecule has 13 nitrogen and oxygen atoms in total. The maximum absolute atomic E-state index is 16.7. The van der Waals surface area contributed by atoms with Crippen molar-refractivity contribution in [2.24, 2.45) is 17.8 Å². The molecule has 0 aliphatic carbocycles. The van der Waals surface area contributed by atoms with Crippen LogP contribution in [-0.4, -0.2) is 115 Å². The van der Waals surface area contributed by atoms with Crippen LogP contribution in [0.15, 0.2) is 0 Å². The summed E-state index contributed by atoms with van der Waals surface area (Å²) in [6.45, 7) is 13.0. The minimum atomic E-state index is -3.22. The fraction of sp³-hybridized carbons (Fsp3) is 0.757. The number of fused-ring (bicyclic) bond motifs is 1. The van der Waals surface area contributed by atoms with E-state index in [1.807, 2.05) is 25.9 Å². The van der Waals surface area contributed by atoms with Gasteiger partial charge in [0.1, 0.15) is 18.5 Å². The first-order valence-electron chi connectivity index (χ1n) is 17.3. The van der Waals surface area contributed by atoms with E-state index in [9.17, 15) is 24.0 Å². The molecule has 0 unspecified atom stereocenters. The van der Waals surface area contributed by atoms with E-state index in [-0.39, 0.29) is 31.3 Å². The predicted molar refractivity (Wildman–Crippen MR) is 181 cm³/mol. The van der Waals surface area contributed by atoms with Crippen LogP contribution in [0, 0.1) is 41.9 Å². The summed E-state index contributed by atoms with van der Waals surface area (Å²) in [6, 6.07) is -1.36. The minimum Gasteiger partial charge on any atom is -0.455 e. The molecule has 3 rings (SSSR count). The number of alkyl carbamates (subject to hydrolysis) is 1. The standard InChI is InChI=1S/C37H53FN2O11/c1-13-15-16-17-46-35(8)19-20(3)27(42)22(5)29-37(10,51-34(45)39-29)26(14-2)49-33(44)36(9,38)30(43)23(6)31(35)50-32-28(48-24(7)41)25(40(11)12)18-21(4)47-32/h1,20-23,25-26,28-29,31-32H,14,17-19H2,2-12H3,(H,39,45)/t20-,21-,22+,23+,25+,26-,28-,29-,31-,32+,35+,36+,37-/m1/s1. The first kappa shape index (κ1) is 41.9. The summed E-state index contributed by atoms with van der Waals surface area (Å²) >= 11 is 0. The van der Waals surface area contributed by atoms with Crippen LogP contribution in [0.5, 0.6) is 0 Å². The monoisotopic (exact) mass is 720 g/mol. The van der Waals surface area contributed by atoms with Crippen molar-refractivity contribution >= 4 is 29.6 Å². The Balaban J connectivity index is 2.25. The first-order chi connectivity index (χ1) is 23.6. The number of nitrogens with one attached hydrogen (secondary N) is 1. The quantitative estimate of drug-likeness (QED) is 0.178. The van der Waals surface area contributed by atoms with Crippen molar-refractivity contribution in [1.82, 2.24) is 10.2 Å². The highest BCUT2D eigenvalue weighted by Crippen LogP contribution is 2.41. The highest BCUT2D eigenvalue weighted by Gasteiger charge is 2.59. The molecule has 14 heteroatoms. The van der Waals surface area contributed by atoms with Crippen LogP contribution < -0.4 is 5.32 Å². The lowest BCUT2D eigenvalue weighted by molar-refractivity contribution is -0.299. The summed E-state index contributed by atoms with van der Waals surface area (Å²) < 4.78 is 52.8. The molecule has 3 saturated heterocycles. The normalized spacial score (nSPS) is 40.8. The summed E-state index contributed by atoms with van der Waals surface area (Å²) in [6.07, 6.45) is -0.412. The van der Waals surface area contributed by atoms with E-state index in [1.165, 1.54) is 20.8 Å². The number of esters is 2. The number of hydrogen-bond acceptors (Lipinski definition) is 12. The van der Waals surface area contributed by atoms with Gasteiger partial charge in [-0.3, -0.25) is 14.4 Å². The highest BCUT2D eigenvalue weighted by atomic mass is 19.1. The second-order valence-corrected chi connectivity index (χ2v) is 14.7. The third kappa shape index (κ3) is 8.91.